The van der Waals surface area contributed by atoms with Crippen molar-refractivity contribution in [3.05, 3.63) is 102 Å². The maximum absolute atomic E-state index is 14.3. The molecular weight excluding hydrogens is 1030 g/mol. The Morgan fingerprint density at radius 2 is 1.59 bits per heavy atom. The van der Waals surface area contributed by atoms with Crippen LogP contribution in [-0.2, 0) is 35.2 Å². The van der Waals surface area contributed by atoms with Crippen molar-refractivity contribution in [3.8, 4) is 11.5 Å². The van der Waals surface area contributed by atoms with Crippen molar-refractivity contribution >= 4 is 81.4 Å². The van der Waals surface area contributed by atoms with Crippen molar-refractivity contribution in [2.45, 2.75) is 110 Å². The van der Waals surface area contributed by atoms with Crippen LogP contribution in [0.25, 0.3) is 10.8 Å². The van der Waals surface area contributed by atoms with Crippen molar-refractivity contribution < 1.29 is 57.2 Å². The lowest BCUT2D eigenvalue weighted by Gasteiger charge is -2.31. The van der Waals surface area contributed by atoms with Crippen molar-refractivity contribution in [2.24, 2.45) is 0 Å². The normalized spacial score (nSPS) is 16.4. The number of halogens is 1. The number of rotatable bonds is 24. The zero-order chi connectivity index (χ0) is 56.4. The Bertz CT molecular complexity index is 2820. The summed E-state index contributed by atoms with van der Waals surface area (Å²) in [5.74, 6) is -0.206. The number of alkyl carbamates (subject to hydrolysis) is 1. The van der Waals surface area contributed by atoms with Gasteiger partial charge in [0.1, 0.15) is 37.4 Å². The molecule has 0 bridgehead atoms. The van der Waals surface area contributed by atoms with Crippen LogP contribution in [0.1, 0.15) is 111 Å². The zero-order valence-corrected chi connectivity index (χ0v) is 46.5. The smallest absolute Gasteiger partial charge is 0.415 e. The van der Waals surface area contributed by atoms with Crippen LogP contribution in [0.15, 0.2) is 79.4 Å². The average Bonchev–Trinajstić information content (AvgIpc) is 4.09. The largest absolute Gasteiger partial charge is 0.493 e. The van der Waals surface area contributed by atoms with Gasteiger partial charge in [-0.1, -0.05) is 75.2 Å². The van der Waals surface area contributed by atoms with E-state index in [9.17, 15) is 33.6 Å². The summed E-state index contributed by atoms with van der Waals surface area (Å²) in [5, 5.41) is 9.91. The van der Waals surface area contributed by atoms with Crippen LogP contribution in [-0.4, -0.2) is 141 Å². The molecule has 2 fully saturated rings. The number of benzene rings is 4. The third kappa shape index (κ3) is 16.1. The molecule has 424 valence electrons. The molecule has 3 heterocycles. The van der Waals surface area contributed by atoms with Gasteiger partial charge in [-0.3, -0.25) is 24.5 Å². The summed E-state index contributed by atoms with van der Waals surface area (Å²) in [5.41, 5.74) is 3.78. The molecule has 0 aliphatic carbocycles. The van der Waals surface area contributed by atoms with Gasteiger partial charge in [-0.05, 0) is 92.8 Å². The summed E-state index contributed by atoms with van der Waals surface area (Å²) in [6, 6.07) is 18.4. The van der Waals surface area contributed by atoms with E-state index in [4.69, 9.17) is 35.3 Å². The Morgan fingerprint density at radius 1 is 0.835 bits per heavy atom. The number of hydrogen-bond donors (Lipinski definition) is 3. The van der Waals surface area contributed by atoms with Crippen molar-refractivity contribution in [3.63, 3.8) is 0 Å². The Hall–Kier alpha value is -7.38. The quantitative estimate of drug-likeness (QED) is 0.0196. The van der Waals surface area contributed by atoms with Crippen LogP contribution < -0.4 is 30.3 Å². The molecule has 20 heteroatoms. The van der Waals surface area contributed by atoms with E-state index in [1.165, 1.54) is 13.0 Å². The van der Waals surface area contributed by atoms with E-state index in [-0.39, 0.29) is 67.9 Å². The molecular formula is C59H74ClN7O12. The summed E-state index contributed by atoms with van der Waals surface area (Å²) in [6.45, 7) is 12.4. The number of amides is 6. The molecule has 0 unspecified atom stereocenters. The minimum Gasteiger partial charge on any atom is -0.493 e. The number of nitrogens with one attached hydrogen (secondary N) is 3. The Morgan fingerprint density at radius 3 is 2.32 bits per heavy atom. The summed E-state index contributed by atoms with van der Waals surface area (Å²) in [7, 11) is 2.02. The zero-order valence-electron chi connectivity index (χ0n) is 45.8. The van der Waals surface area contributed by atoms with Crippen molar-refractivity contribution in [1.82, 2.24) is 20.0 Å². The molecule has 3 aliphatic rings. The third-order valence-corrected chi connectivity index (χ3v) is 14.8. The van der Waals surface area contributed by atoms with Gasteiger partial charge in [-0.2, -0.15) is 0 Å². The number of unbranched alkanes of at least 4 members (excludes halogenated alkanes) is 4. The molecule has 0 radical (unpaired) electrons. The van der Waals surface area contributed by atoms with Gasteiger partial charge in [0.05, 0.1) is 29.6 Å². The fourth-order valence-electron chi connectivity index (χ4n) is 10.0. The van der Waals surface area contributed by atoms with Crippen LogP contribution in [0.4, 0.5) is 31.4 Å². The van der Waals surface area contributed by atoms with Gasteiger partial charge in [0.15, 0.2) is 0 Å². The number of alkyl halides is 1. The van der Waals surface area contributed by atoms with E-state index in [0.29, 0.717) is 105 Å². The molecule has 0 spiro atoms. The van der Waals surface area contributed by atoms with Gasteiger partial charge < -0.3 is 53.9 Å². The van der Waals surface area contributed by atoms with E-state index in [1.54, 1.807) is 51.1 Å². The highest BCUT2D eigenvalue weighted by Gasteiger charge is 2.36. The molecule has 0 saturated carbocycles. The number of nitrogens with zero attached hydrogens (tertiary/aromatic N) is 4. The number of carbonyl (C=O) groups excluding carboxylic acids is 7. The molecule has 3 N–H and O–H groups in total. The Labute approximate surface area is 467 Å². The third-order valence-electron chi connectivity index (χ3n) is 14.4. The van der Waals surface area contributed by atoms with Crippen LogP contribution in [0.5, 0.6) is 11.5 Å². The number of esters is 1. The first-order valence-electron chi connectivity index (χ1n) is 27.3. The molecule has 2 saturated heterocycles. The van der Waals surface area contributed by atoms with Gasteiger partial charge in [-0.15, -0.1) is 11.6 Å². The Balaban J connectivity index is 0.967. The van der Waals surface area contributed by atoms with E-state index in [0.717, 1.165) is 48.7 Å². The number of piperazine rings is 1. The number of ether oxygens (including phenoxy) is 5. The monoisotopic (exact) mass is 1110 g/mol. The summed E-state index contributed by atoms with van der Waals surface area (Å²) in [6.07, 6.45) is 5.94. The lowest BCUT2D eigenvalue weighted by atomic mass is 9.95. The maximum atomic E-state index is 14.3. The van der Waals surface area contributed by atoms with Crippen molar-refractivity contribution in [1.29, 1.82) is 0 Å². The van der Waals surface area contributed by atoms with Gasteiger partial charge >= 0.3 is 24.2 Å². The second-order valence-corrected chi connectivity index (χ2v) is 20.6. The standard InChI is InChI=1S/C59H74ClN7O12/c1-6-8-10-19-48(62-57(72)76-30-7-2)55(70)61-43-23-21-41(22-24-43)37-78-58(73)63-49-33-51(39(3)32-47(49)56(71)66-25-15-16-44(66)38-77-40(4)68)75-31-14-9-11-20-53(69)67-36-42(35-60)54-46-18-13-12-17-45(46)52(34-50(54)67)79-59(74)65-28-26-64(5)27-29-65/h7,12-13,17-18,21-24,32-34,42,44,48H,2,6,8-11,14-16,19-20,25-31,35-38H2,1,3-5H3,(H,61,70)(H,62,72)(H,63,73)/t42-,44+,48+/m1/s1. The number of aryl methyl sites for hydroxylation is 1. The highest BCUT2D eigenvalue weighted by Crippen LogP contribution is 2.46. The number of hydrogen-bond acceptors (Lipinski definition) is 13. The summed E-state index contributed by atoms with van der Waals surface area (Å²) < 4.78 is 28.3. The Kier molecular flexibility index (Phi) is 21.8. The molecule has 0 aromatic heterocycles. The van der Waals surface area contributed by atoms with Gasteiger partial charge in [0.2, 0.25) is 11.8 Å². The van der Waals surface area contributed by atoms with E-state index in [2.05, 4.69) is 27.4 Å². The van der Waals surface area contributed by atoms with E-state index in [1.807, 2.05) is 51.2 Å². The molecule has 79 heavy (non-hydrogen) atoms. The molecule has 3 aliphatic heterocycles. The number of carbonyl (C=O) groups is 7. The second kappa shape index (κ2) is 29.0. The number of anilines is 3. The van der Waals surface area contributed by atoms with Gasteiger partial charge in [0.25, 0.3) is 5.91 Å². The average molecular weight is 1110 g/mol. The van der Waals surface area contributed by atoms with Crippen LogP contribution in [0.3, 0.4) is 0 Å². The predicted molar refractivity (Wildman–Crippen MR) is 302 cm³/mol. The highest BCUT2D eigenvalue weighted by atomic mass is 35.5. The highest BCUT2D eigenvalue weighted by molar-refractivity contribution is 6.19. The first-order chi connectivity index (χ1) is 38.2. The predicted octanol–water partition coefficient (Wildman–Crippen LogP) is 9.92. The summed E-state index contributed by atoms with van der Waals surface area (Å²) in [4.78, 5) is 99.6. The number of fused-ring (bicyclic) bond motifs is 3. The molecule has 4 aromatic carbocycles. The fourth-order valence-corrected chi connectivity index (χ4v) is 10.3. The topological polar surface area (TPSA) is 215 Å². The molecule has 6 amide bonds. The molecule has 7 rings (SSSR count). The van der Waals surface area contributed by atoms with Crippen LogP contribution in [0.2, 0.25) is 0 Å². The first kappa shape index (κ1) is 59.3. The number of likely N-dealkylation sites (tertiary alicyclic amines) is 1. The lowest BCUT2D eigenvalue weighted by molar-refractivity contribution is -0.142. The van der Waals surface area contributed by atoms with Crippen LogP contribution in [0, 0.1) is 6.92 Å². The fraction of sp³-hybridized carbons (Fsp3) is 0.475. The summed E-state index contributed by atoms with van der Waals surface area (Å²) >= 11 is 6.54. The lowest BCUT2D eigenvalue weighted by Crippen LogP contribution is -2.48. The van der Waals surface area contributed by atoms with Crippen molar-refractivity contribution in [2.75, 3.05) is 87.6 Å². The van der Waals surface area contributed by atoms with Gasteiger partial charge in [0, 0.05) is 87.6 Å². The molecule has 3 atom stereocenters. The molecule has 4 aromatic rings. The van der Waals surface area contributed by atoms with Crippen LogP contribution >= 0.6 is 11.6 Å². The maximum Gasteiger partial charge on any atom is 0.415 e. The second-order valence-electron chi connectivity index (χ2n) is 20.3. The van der Waals surface area contributed by atoms with E-state index < -0.39 is 36.2 Å². The first-order valence-corrected chi connectivity index (χ1v) is 27.9. The van der Waals surface area contributed by atoms with Gasteiger partial charge in [-0.25, -0.2) is 14.4 Å². The van der Waals surface area contributed by atoms with E-state index >= 15 is 0 Å². The number of likely N-dealkylation sites (N-methyl/N-ethyl adjacent to an activating group) is 1. The minimum absolute atomic E-state index is 0.0116. The minimum atomic E-state index is -0.831. The molecule has 19 nitrogen and oxygen atoms in total. The SMILES string of the molecule is C=CCOC(=O)N[C@@H](CCCCC)C(=O)Nc1ccc(COC(=O)Nc2cc(OCCCCCC(=O)N3C[C@@H](CCl)c4c3cc(OC(=O)N3CCN(C)CC3)c3ccccc43)c(C)cc2C(=O)N2CCC[C@H]2COC(C)=O)cc1.